The zero-order valence-electron chi connectivity index (χ0n) is 9.09. The molecule has 0 saturated carbocycles. The predicted octanol–water partition coefficient (Wildman–Crippen LogP) is 3.80. The van der Waals surface area contributed by atoms with Crippen molar-refractivity contribution in [3.8, 4) is 0 Å². The minimum Gasteiger partial charge on any atom is -0.351 e. The predicted molar refractivity (Wildman–Crippen MR) is 58.0 cm³/mol. The molecule has 1 heteroatoms. The van der Waals surface area contributed by atoms with Crippen LogP contribution in [0.2, 0.25) is 0 Å². The first-order valence-electron chi connectivity index (χ1n) is 5.48. The lowest BCUT2D eigenvalue weighted by Crippen LogP contribution is -2.05. The van der Waals surface area contributed by atoms with Gasteiger partial charge in [-0.15, -0.1) is 0 Å². The Morgan fingerprint density at radius 2 is 1.92 bits per heavy atom. The third-order valence-corrected chi connectivity index (χ3v) is 2.73. The molecule has 0 aromatic carbocycles. The highest BCUT2D eigenvalue weighted by atomic mass is 15.0. The normalized spacial score (nSPS) is 11.1. The maximum Gasteiger partial charge on any atom is 0.0219 e. The van der Waals surface area contributed by atoms with Gasteiger partial charge in [0.05, 0.1) is 0 Å². The molecule has 1 nitrogen and oxygen atoms in total. The summed E-state index contributed by atoms with van der Waals surface area (Å²) in [5.74, 6) is 0.751. The zero-order valence-corrected chi connectivity index (χ0v) is 9.09. The van der Waals surface area contributed by atoms with Gasteiger partial charge in [-0.3, -0.25) is 0 Å². The van der Waals surface area contributed by atoms with Crippen LogP contribution in [0.5, 0.6) is 0 Å². The Hall–Kier alpha value is -0.720. The van der Waals surface area contributed by atoms with E-state index in [1.165, 1.54) is 31.5 Å². The topological polar surface area (TPSA) is 4.93 Å². The van der Waals surface area contributed by atoms with Gasteiger partial charge in [-0.05, 0) is 37.3 Å². The van der Waals surface area contributed by atoms with Gasteiger partial charge in [0, 0.05) is 18.4 Å². The van der Waals surface area contributed by atoms with Gasteiger partial charge >= 0.3 is 0 Å². The van der Waals surface area contributed by atoms with Crippen molar-refractivity contribution in [3.05, 3.63) is 24.0 Å². The highest BCUT2D eigenvalue weighted by Crippen LogP contribution is 2.23. The molecule has 1 aromatic heterocycles. The van der Waals surface area contributed by atoms with Crippen molar-refractivity contribution in [2.45, 2.75) is 52.5 Å². The number of aryl methyl sites for hydroxylation is 1. The van der Waals surface area contributed by atoms with Crippen molar-refractivity contribution >= 4 is 0 Å². The van der Waals surface area contributed by atoms with E-state index in [0.717, 1.165) is 5.92 Å². The van der Waals surface area contributed by atoms with Crippen molar-refractivity contribution < 1.29 is 0 Å². The van der Waals surface area contributed by atoms with Crippen LogP contribution in [0.15, 0.2) is 18.3 Å². The fourth-order valence-electron chi connectivity index (χ4n) is 1.95. The fourth-order valence-corrected chi connectivity index (χ4v) is 1.95. The molecule has 0 bridgehead atoms. The third-order valence-electron chi connectivity index (χ3n) is 2.73. The average Bonchev–Trinajstić information content (AvgIpc) is 2.57. The van der Waals surface area contributed by atoms with Crippen LogP contribution < -0.4 is 0 Å². The van der Waals surface area contributed by atoms with Crippen molar-refractivity contribution in [2.24, 2.45) is 0 Å². The van der Waals surface area contributed by atoms with Gasteiger partial charge in [0.1, 0.15) is 0 Å². The van der Waals surface area contributed by atoms with Crippen molar-refractivity contribution in [3.63, 3.8) is 0 Å². The Labute approximate surface area is 81.8 Å². The summed E-state index contributed by atoms with van der Waals surface area (Å²) >= 11 is 0. The minimum absolute atomic E-state index is 0.751. The fraction of sp³-hybridized carbons (Fsp3) is 0.667. The molecule has 0 fully saturated rings. The first kappa shape index (κ1) is 10.4. The molecule has 0 saturated heterocycles. The number of hydrogen-bond donors (Lipinski definition) is 0. The van der Waals surface area contributed by atoms with E-state index in [1.807, 2.05) is 0 Å². The molecule has 13 heavy (non-hydrogen) atoms. The Morgan fingerprint density at radius 3 is 2.46 bits per heavy atom. The average molecular weight is 179 g/mol. The summed E-state index contributed by atoms with van der Waals surface area (Å²) in [6, 6.07) is 4.44. The van der Waals surface area contributed by atoms with E-state index in [1.54, 1.807) is 0 Å². The van der Waals surface area contributed by atoms with Crippen LogP contribution in [-0.4, -0.2) is 4.57 Å². The molecular weight excluding hydrogens is 158 g/mol. The van der Waals surface area contributed by atoms with Gasteiger partial charge in [-0.1, -0.05) is 20.8 Å². The Kier molecular flexibility index (Phi) is 4.07. The SMILES string of the molecule is CCCn1cccc1C(CC)CC. The van der Waals surface area contributed by atoms with Crippen LogP contribution in [-0.2, 0) is 6.54 Å². The molecule has 1 heterocycles. The number of nitrogens with zero attached hydrogens (tertiary/aromatic N) is 1. The van der Waals surface area contributed by atoms with Crippen LogP contribution in [0.4, 0.5) is 0 Å². The van der Waals surface area contributed by atoms with E-state index in [2.05, 4.69) is 43.7 Å². The molecule has 0 amide bonds. The van der Waals surface area contributed by atoms with Crippen molar-refractivity contribution in [1.82, 2.24) is 4.57 Å². The summed E-state index contributed by atoms with van der Waals surface area (Å²) in [4.78, 5) is 0. The van der Waals surface area contributed by atoms with E-state index in [4.69, 9.17) is 0 Å². The zero-order chi connectivity index (χ0) is 9.68. The summed E-state index contributed by atoms with van der Waals surface area (Å²) in [6.07, 6.45) is 5.94. The molecule has 0 aliphatic rings. The Morgan fingerprint density at radius 1 is 1.23 bits per heavy atom. The molecule has 0 aliphatic carbocycles. The summed E-state index contributed by atoms with van der Waals surface area (Å²) in [5.41, 5.74) is 1.52. The molecule has 1 aromatic rings. The molecule has 0 spiro atoms. The maximum absolute atomic E-state index is 2.40. The smallest absolute Gasteiger partial charge is 0.0219 e. The number of aromatic nitrogens is 1. The summed E-state index contributed by atoms with van der Waals surface area (Å²) in [6.45, 7) is 7.95. The molecule has 0 unspecified atom stereocenters. The second kappa shape index (κ2) is 5.11. The van der Waals surface area contributed by atoms with Crippen LogP contribution in [0.3, 0.4) is 0 Å². The van der Waals surface area contributed by atoms with Crippen LogP contribution in [0, 0.1) is 0 Å². The van der Waals surface area contributed by atoms with Crippen molar-refractivity contribution in [2.75, 3.05) is 0 Å². The first-order valence-corrected chi connectivity index (χ1v) is 5.48. The highest BCUT2D eigenvalue weighted by molar-refractivity contribution is 5.12. The summed E-state index contributed by atoms with van der Waals surface area (Å²) in [7, 11) is 0. The van der Waals surface area contributed by atoms with Gasteiger partial charge in [-0.2, -0.15) is 0 Å². The molecule has 74 valence electrons. The van der Waals surface area contributed by atoms with E-state index in [-0.39, 0.29) is 0 Å². The molecule has 0 aliphatic heterocycles. The lowest BCUT2D eigenvalue weighted by atomic mass is 9.99. The van der Waals surface area contributed by atoms with Crippen LogP contribution in [0.25, 0.3) is 0 Å². The van der Waals surface area contributed by atoms with Crippen molar-refractivity contribution in [1.29, 1.82) is 0 Å². The quantitative estimate of drug-likeness (QED) is 0.648. The van der Waals surface area contributed by atoms with Gasteiger partial charge in [0.25, 0.3) is 0 Å². The van der Waals surface area contributed by atoms with E-state index in [9.17, 15) is 0 Å². The molecule has 0 N–H and O–H groups in total. The largest absolute Gasteiger partial charge is 0.351 e. The first-order chi connectivity index (χ1) is 6.33. The second-order valence-corrected chi connectivity index (χ2v) is 3.64. The Bertz CT molecular complexity index is 233. The molecular formula is C12H21N. The molecule has 0 radical (unpaired) electrons. The van der Waals surface area contributed by atoms with Crippen LogP contribution in [0.1, 0.15) is 51.6 Å². The highest BCUT2D eigenvalue weighted by Gasteiger charge is 2.10. The van der Waals surface area contributed by atoms with E-state index < -0.39 is 0 Å². The monoisotopic (exact) mass is 179 g/mol. The van der Waals surface area contributed by atoms with E-state index >= 15 is 0 Å². The van der Waals surface area contributed by atoms with Gasteiger partial charge in [-0.25, -0.2) is 0 Å². The lowest BCUT2D eigenvalue weighted by molar-refractivity contribution is 0.558. The lowest BCUT2D eigenvalue weighted by Gasteiger charge is -2.15. The van der Waals surface area contributed by atoms with Gasteiger partial charge in [0.15, 0.2) is 0 Å². The van der Waals surface area contributed by atoms with E-state index in [0.29, 0.717) is 0 Å². The number of rotatable bonds is 5. The van der Waals surface area contributed by atoms with Gasteiger partial charge < -0.3 is 4.57 Å². The summed E-state index contributed by atoms with van der Waals surface area (Å²) < 4.78 is 2.40. The molecule has 1 rings (SSSR count). The molecule has 0 atom stereocenters. The number of hydrogen-bond acceptors (Lipinski definition) is 0. The minimum atomic E-state index is 0.751. The van der Waals surface area contributed by atoms with Crippen LogP contribution >= 0.6 is 0 Å². The summed E-state index contributed by atoms with van der Waals surface area (Å²) in [5, 5.41) is 0. The van der Waals surface area contributed by atoms with Gasteiger partial charge in [0.2, 0.25) is 0 Å². The third kappa shape index (κ3) is 2.36. The second-order valence-electron chi connectivity index (χ2n) is 3.64. The maximum atomic E-state index is 2.40. The Balaban J connectivity index is 2.78. The standard InChI is InChI=1S/C12H21N/c1-4-9-13-10-7-8-12(13)11(5-2)6-3/h7-8,10-11H,4-6,9H2,1-3H3.